The van der Waals surface area contributed by atoms with E-state index in [2.05, 4.69) is 21.3 Å². The van der Waals surface area contributed by atoms with Crippen LogP contribution in [0.15, 0.2) is 129 Å². The molecule has 308 valence electrons. The first-order valence-electron chi connectivity index (χ1n) is 15.9. The molecule has 4 amide bonds. The fraction of sp³-hybridized carbons (Fsp3) is 0. The second-order valence-electron chi connectivity index (χ2n) is 12.1. The summed E-state index contributed by atoms with van der Waals surface area (Å²) in [6.07, 6.45) is 0. The summed E-state index contributed by atoms with van der Waals surface area (Å²) in [5.41, 5.74) is -0.520. The van der Waals surface area contributed by atoms with E-state index >= 15 is 0 Å². The minimum absolute atomic E-state index is 0. The molecule has 0 saturated heterocycles. The Hall–Kier alpha value is -2.31. The van der Waals surface area contributed by atoms with Crippen LogP contribution >= 0.6 is 0 Å². The standard InChI is InChI=1S/C35H26N4O15S4.4Na.4H/c40-33(38-25-13-15-27(55(43,44)45)23-9-3-11-29(31(23)25)57(49,50)51)19-5-1-7-21(17-19)36-35(42)37-22-8-2-6-20(18-22)34(41)39-26-14-16-28(56(46,47)48)24-10-4-12-30(32(24)26)58(52,53)54;;;;;;;;/h1-18H,(H,38,40)(H,39,41)(H2,36,37,42)(H,43,44,45)(H,46,47,48)(H,49,50,51)(H,52,53,54);;;;;;;;. The number of amides is 4. The molecule has 0 aliphatic heterocycles. The van der Waals surface area contributed by atoms with Gasteiger partial charge in [-0.2, -0.15) is 33.7 Å². The molecule has 0 saturated carbocycles. The molecule has 0 heterocycles. The zero-order valence-corrected chi connectivity index (χ0v) is 32.1. The van der Waals surface area contributed by atoms with Gasteiger partial charge in [0.25, 0.3) is 52.3 Å². The van der Waals surface area contributed by atoms with Crippen molar-refractivity contribution in [1.82, 2.24) is 0 Å². The molecule has 0 spiro atoms. The van der Waals surface area contributed by atoms with Gasteiger partial charge in [0.1, 0.15) is 19.6 Å². The van der Waals surface area contributed by atoms with Crippen molar-refractivity contribution in [2.45, 2.75) is 19.6 Å². The number of fused-ring (bicyclic) bond motifs is 2. The first-order valence-corrected chi connectivity index (χ1v) is 21.7. The van der Waals surface area contributed by atoms with Gasteiger partial charge in [0.05, 0.1) is 11.4 Å². The third-order valence-corrected chi connectivity index (χ3v) is 11.9. The summed E-state index contributed by atoms with van der Waals surface area (Å²) < 4.78 is 136. The zero-order valence-electron chi connectivity index (χ0n) is 28.8. The van der Waals surface area contributed by atoms with Gasteiger partial charge in [-0.15, -0.1) is 0 Å². The average Bonchev–Trinajstić information content (AvgIpc) is 3.13. The Morgan fingerprint density at radius 2 is 0.710 bits per heavy atom. The van der Waals surface area contributed by atoms with Crippen LogP contribution in [0.5, 0.6) is 0 Å². The maximum absolute atomic E-state index is 13.3. The van der Waals surface area contributed by atoms with Crippen LogP contribution in [0.25, 0.3) is 21.5 Å². The van der Waals surface area contributed by atoms with Crippen LogP contribution < -0.4 is 21.3 Å². The summed E-state index contributed by atoms with van der Waals surface area (Å²) in [7, 11) is -19.7. The van der Waals surface area contributed by atoms with Gasteiger partial charge in [0, 0.05) is 44.0 Å². The second kappa shape index (κ2) is 21.8. The molecule has 0 aromatic heterocycles. The van der Waals surface area contributed by atoms with Crippen molar-refractivity contribution in [2.24, 2.45) is 0 Å². The fourth-order valence-electron chi connectivity index (χ4n) is 5.94. The topological polar surface area (TPSA) is 317 Å². The molecule has 0 unspecified atom stereocenters. The second-order valence-corrected chi connectivity index (χ2v) is 17.7. The molecule has 62 heavy (non-hydrogen) atoms. The number of nitrogens with one attached hydrogen (secondary N) is 4. The van der Waals surface area contributed by atoms with Crippen molar-refractivity contribution >= 4 is 221 Å². The van der Waals surface area contributed by atoms with E-state index in [1.807, 2.05) is 0 Å². The SMILES string of the molecule is O=C(Nc1cccc(C(=O)Nc2ccc(S(=O)(=O)O)c3cccc(S(=O)(=O)O)c23)c1)Nc1cccc(C(=O)Nc2ccc(S(=O)(=O)O)c3cccc(S(=O)(=O)O)c23)c1.[NaH].[NaH].[NaH].[NaH]. The molecule has 27 heteroatoms. The first-order chi connectivity index (χ1) is 27.0. The summed E-state index contributed by atoms with van der Waals surface area (Å²) in [6.45, 7) is 0. The Balaban J connectivity index is 0.00000331. The minimum atomic E-state index is -4.96. The first kappa shape index (κ1) is 55.8. The molecule has 0 aliphatic rings. The summed E-state index contributed by atoms with van der Waals surface area (Å²) in [4.78, 5) is 36.7. The molecule has 19 nitrogen and oxygen atoms in total. The molecule has 6 rings (SSSR count). The quantitative estimate of drug-likeness (QED) is 0.0723. The van der Waals surface area contributed by atoms with E-state index < -0.39 is 88.7 Å². The molecule has 0 radical (unpaired) electrons. The van der Waals surface area contributed by atoms with Crippen molar-refractivity contribution in [3.63, 3.8) is 0 Å². The van der Waals surface area contributed by atoms with Crippen LogP contribution in [0.4, 0.5) is 27.5 Å². The Morgan fingerprint density at radius 3 is 1.03 bits per heavy atom. The van der Waals surface area contributed by atoms with Gasteiger partial charge in [-0.25, -0.2) is 4.79 Å². The number of benzene rings is 6. The number of urea groups is 1. The van der Waals surface area contributed by atoms with Crippen LogP contribution in [-0.4, -0.2) is 188 Å². The normalized spacial score (nSPS) is 11.4. The van der Waals surface area contributed by atoms with Crippen molar-refractivity contribution in [3.8, 4) is 0 Å². The Morgan fingerprint density at radius 1 is 0.387 bits per heavy atom. The summed E-state index contributed by atoms with van der Waals surface area (Å²) in [5, 5.41) is 8.39. The summed E-state index contributed by atoms with van der Waals surface area (Å²) in [5.74, 6) is -1.73. The number of carbonyl (C=O) groups excluding carboxylic acids is 3. The van der Waals surface area contributed by atoms with E-state index in [1.165, 1.54) is 48.5 Å². The number of anilines is 4. The van der Waals surface area contributed by atoms with Gasteiger partial charge in [-0.3, -0.25) is 27.8 Å². The van der Waals surface area contributed by atoms with E-state index in [4.69, 9.17) is 0 Å². The fourth-order valence-corrected chi connectivity index (χ4v) is 8.77. The Kier molecular flexibility index (Phi) is 19.6. The Labute approximate surface area is 442 Å². The van der Waals surface area contributed by atoms with E-state index in [-0.39, 0.29) is 163 Å². The van der Waals surface area contributed by atoms with Gasteiger partial charge in [0.15, 0.2) is 0 Å². The van der Waals surface area contributed by atoms with Crippen LogP contribution in [0.2, 0.25) is 0 Å². The van der Waals surface area contributed by atoms with E-state index in [1.54, 1.807) is 0 Å². The van der Waals surface area contributed by atoms with Crippen molar-refractivity contribution in [3.05, 3.63) is 120 Å². The number of carbonyl (C=O) groups is 3. The van der Waals surface area contributed by atoms with Crippen molar-refractivity contribution in [1.29, 1.82) is 0 Å². The molecule has 0 atom stereocenters. The van der Waals surface area contributed by atoms with Crippen LogP contribution in [-0.2, 0) is 40.5 Å². The predicted octanol–water partition coefficient (Wildman–Crippen LogP) is 2.53. The Bertz CT molecular complexity index is 3000. The molecule has 6 aromatic carbocycles. The van der Waals surface area contributed by atoms with Gasteiger partial charge in [0.2, 0.25) is 0 Å². The predicted molar refractivity (Wildman–Crippen MR) is 237 cm³/mol. The molecular weight excluding hydrogens is 937 g/mol. The van der Waals surface area contributed by atoms with Crippen molar-refractivity contribution < 1.29 is 66.3 Å². The van der Waals surface area contributed by atoms with Gasteiger partial charge in [-0.1, -0.05) is 36.4 Å². The van der Waals surface area contributed by atoms with Crippen LogP contribution in [0.3, 0.4) is 0 Å². The number of rotatable bonds is 10. The van der Waals surface area contributed by atoms with Crippen LogP contribution in [0, 0.1) is 0 Å². The monoisotopic (exact) mass is 966 g/mol. The van der Waals surface area contributed by atoms with Crippen molar-refractivity contribution in [2.75, 3.05) is 21.3 Å². The van der Waals surface area contributed by atoms with Gasteiger partial charge >= 0.3 is 124 Å². The molecule has 8 N–H and O–H groups in total. The molecule has 0 bridgehead atoms. The summed E-state index contributed by atoms with van der Waals surface area (Å²) >= 11 is 0. The van der Waals surface area contributed by atoms with Crippen LogP contribution in [0.1, 0.15) is 20.7 Å². The zero-order chi connectivity index (χ0) is 42.4. The van der Waals surface area contributed by atoms with E-state index in [0.717, 1.165) is 60.7 Å². The van der Waals surface area contributed by atoms with E-state index in [0.29, 0.717) is 0 Å². The number of hydrogen-bond donors (Lipinski definition) is 8. The summed E-state index contributed by atoms with van der Waals surface area (Å²) in [6, 6.07) is 20.2. The maximum atomic E-state index is 13.3. The molecule has 6 aromatic rings. The van der Waals surface area contributed by atoms with Gasteiger partial charge < -0.3 is 21.3 Å². The average molecular weight is 967 g/mol. The van der Waals surface area contributed by atoms with Gasteiger partial charge in [-0.05, 0) is 72.8 Å². The molecule has 0 fully saturated rings. The number of hydrogen-bond acceptors (Lipinski definition) is 11. The molecule has 0 aliphatic carbocycles. The molecular formula is C35H30N4Na4O15S4. The van der Waals surface area contributed by atoms with E-state index in [9.17, 15) is 66.3 Å². The third kappa shape index (κ3) is 12.9. The third-order valence-electron chi connectivity index (χ3n) is 8.30.